The molecular weight excluding hydrogens is 470 g/mol. The van der Waals surface area contributed by atoms with E-state index in [1.165, 1.54) is 33.5 Å². The number of carbonyl (C=O) groups is 2. The number of benzene rings is 2. The Morgan fingerprint density at radius 3 is 2.43 bits per heavy atom. The van der Waals surface area contributed by atoms with Gasteiger partial charge in [-0.1, -0.05) is 36.4 Å². The second-order valence-electron chi connectivity index (χ2n) is 7.99. The average Bonchev–Trinajstić information content (AvgIpc) is 2.90. The van der Waals surface area contributed by atoms with Crippen LogP contribution in [-0.4, -0.2) is 74.9 Å². The van der Waals surface area contributed by atoms with Gasteiger partial charge in [-0.25, -0.2) is 8.42 Å². The van der Waals surface area contributed by atoms with Gasteiger partial charge in [0.1, 0.15) is 11.8 Å². The van der Waals surface area contributed by atoms with Crippen molar-refractivity contribution < 1.29 is 27.5 Å². The maximum atomic E-state index is 13.1. The fourth-order valence-electron chi connectivity index (χ4n) is 3.56. The maximum Gasteiger partial charge on any atom is 0.261 e. The van der Waals surface area contributed by atoms with Gasteiger partial charge in [-0.3, -0.25) is 9.59 Å². The number of morpholine rings is 1. The predicted molar refractivity (Wildman–Crippen MR) is 131 cm³/mol. The maximum absolute atomic E-state index is 13.1. The summed E-state index contributed by atoms with van der Waals surface area (Å²) in [5.74, 6) is -0.324. The van der Waals surface area contributed by atoms with Crippen molar-refractivity contribution in [1.82, 2.24) is 14.5 Å². The summed E-state index contributed by atoms with van der Waals surface area (Å²) >= 11 is 0. The number of nitrogens with zero attached hydrogens (tertiary/aromatic N) is 2. The molecular formula is C25H31N3O6S. The quantitative estimate of drug-likeness (QED) is 0.471. The first-order valence-electron chi connectivity index (χ1n) is 11.4. The number of hydrogen-bond donors (Lipinski definition) is 1. The Morgan fingerprint density at radius 2 is 1.80 bits per heavy atom. The SMILES string of the molecule is C=CCNC(=O)C(C)N(Cc1ccccc1)C(=O)COc1ccc(S(=O)(=O)N2CCOCC2)cc1. The largest absolute Gasteiger partial charge is 0.484 e. The third kappa shape index (κ3) is 7.14. The van der Waals surface area contributed by atoms with Gasteiger partial charge in [0.25, 0.3) is 5.91 Å². The van der Waals surface area contributed by atoms with Gasteiger partial charge in [0.05, 0.1) is 18.1 Å². The molecule has 0 aromatic heterocycles. The van der Waals surface area contributed by atoms with Gasteiger partial charge < -0.3 is 19.7 Å². The van der Waals surface area contributed by atoms with E-state index >= 15 is 0 Å². The van der Waals surface area contributed by atoms with Gasteiger partial charge in [0.15, 0.2) is 6.61 Å². The van der Waals surface area contributed by atoms with Crippen molar-refractivity contribution in [2.24, 2.45) is 0 Å². The number of nitrogens with one attached hydrogen (secondary N) is 1. The summed E-state index contributed by atoms with van der Waals surface area (Å²) in [6.45, 7) is 6.83. The van der Waals surface area contributed by atoms with Crippen LogP contribution in [0, 0.1) is 0 Å². The average molecular weight is 502 g/mol. The van der Waals surface area contributed by atoms with Crippen LogP contribution in [0.1, 0.15) is 12.5 Å². The minimum Gasteiger partial charge on any atom is -0.484 e. The second-order valence-corrected chi connectivity index (χ2v) is 9.93. The summed E-state index contributed by atoms with van der Waals surface area (Å²) in [4.78, 5) is 27.2. The summed E-state index contributed by atoms with van der Waals surface area (Å²) in [7, 11) is -3.62. The fraction of sp³-hybridized carbons (Fsp3) is 0.360. The number of rotatable bonds is 11. The van der Waals surface area contributed by atoms with Gasteiger partial charge in [-0.05, 0) is 36.8 Å². The van der Waals surface area contributed by atoms with Gasteiger partial charge in [0.2, 0.25) is 15.9 Å². The Labute approximate surface area is 206 Å². The molecule has 2 aromatic carbocycles. The van der Waals surface area contributed by atoms with Crippen molar-refractivity contribution in [1.29, 1.82) is 0 Å². The van der Waals surface area contributed by atoms with E-state index in [4.69, 9.17) is 9.47 Å². The Kier molecular flexibility index (Phi) is 9.41. The molecule has 1 heterocycles. The number of carbonyl (C=O) groups excluding carboxylic acids is 2. The Bertz CT molecular complexity index is 1100. The first kappa shape index (κ1) is 26.4. The van der Waals surface area contributed by atoms with Crippen molar-refractivity contribution in [3.8, 4) is 5.75 Å². The van der Waals surface area contributed by atoms with Gasteiger partial charge >= 0.3 is 0 Å². The molecule has 0 aliphatic carbocycles. The van der Waals surface area contributed by atoms with Crippen LogP contribution >= 0.6 is 0 Å². The molecule has 2 amide bonds. The highest BCUT2D eigenvalue weighted by atomic mass is 32.2. The molecule has 0 radical (unpaired) electrons. The lowest BCUT2D eigenvalue weighted by Gasteiger charge is -2.28. The number of hydrogen-bond acceptors (Lipinski definition) is 6. The van der Waals surface area contributed by atoms with Crippen LogP contribution in [0.25, 0.3) is 0 Å². The number of ether oxygens (including phenoxy) is 2. The molecule has 1 saturated heterocycles. The molecule has 1 fully saturated rings. The highest BCUT2D eigenvalue weighted by Gasteiger charge is 2.27. The van der Waals surface area contributed by atoms with Gasteiger partial charge in [0, 0.05) is 26.2 Å². The zero-order chi connectivity index (χ0) is 25.3. The van der Waals surface area contributed by atoms with E-state index in [9.17, 15) is 18.0 Å². The molecule has 2 aromatic rings. The standard InChI is InChI=1S/C25H31N3O6S/c1-3-13-26-25(30)20(2)28(18-21-7-5-4-6-8-21)24(29)19-34-22-9-11-23(12-10-22)35(31,32)27-14-16-33-17-15-27/h3-12,20H,1,13-19H2,2H3,(H,26,30). The van der Waals surface area contributed by atoms with E-state index in [0.29, 0.717) is 38.6 Å². The first-order chi connectivity index (χ1) is 16.8. The van der Waals surface area contributed by atoms with Crippen LogP contribution in [0.5, 0.6) is 5.75 Å². The molecule has 1 N–H and O–H groups in total. The number of sulfonamides is 1. The van der Waals surface area contributed by atoms with Crippen molar-refractivity contribution in [2.45, 2.75) is 24.4 Å². The van der Waals surface area contributed by atoms with Crippen LogP contribution in [0.2, 0.25) is 0 Å². The van der Waals surface area contributed by atoms with E-state index in [2.05, 4.69) is 11.9 Å². The minimum atomic E-state index is -3.62. The topological polar surface area (TPSA) is 105 Å². The summed E-state index contributed by atoms with van der Waals surface area (Å²) < 4.78 is 37.8. The minimum absolute atomic E-state index is 0.149. The van der Waals surface area contributed by atoms with E-state index < -0.39 is 16.1 Å². The van der Waals surface area contributed by atoms with Crippen LogP contribution in [-0.2, 0) is 30.9 Å². The molecule has 188 valence electrons. The van der Waals surface area contributed by atoms with Crippen molar-refractivity contribution in [3.63, 3.8) is 0 Å². The van der Waals surface area contributed by atoms with Crippen molar-refractivity contribution >= 4 is 21.8 Å². The lowest BCUT2D eigenvalue weighted by molar-refractivity contribution is -0.142. The van der Waals surface area contributed by atoms with Gasteiger partial charge in [-0.2, -0.15) is 4.31 Å². The van der Waals surface area contributed by atoms with Crippen LogP contribution in [0.15, 0.2) is 72.1 Å². The molecule has 0 spiro atoms. The Morgan fingerprint density at radius 1 is 1.14 bits per heavy atom. The number of amides is 2. The molecule has 1 aliphatic rings. The lowest BCUT2D eigenvalue weighted by Crippen LogP contribution is -2.49. The normalized spacial score (nSPS) is 15.1. The van der Waals surface area contributed by atoms with E-state index in [1.807, 2.05) is 30.3 Å². The highest BCUT2D eigenvalue weighted by Crippen LogP contribution is 2.21. The third-order valence-corrected chi connectivity index (χ3v) is 7.49. The molecule has 35 heavy (non-hydrogen) atoms. The zero-order valence-electron chi connectivity index (χ0n) is 19.8. The Hall–Kier alpha value is -3.21. The van der Waals surface area contributed by atoms with Crippen LogP contribution in [0.3, 0.4) is 0 Å². The highest BCUT2D eigenvalue weighted by molar-refractivity contribution is 7.89. The van der Waals surface area contributed by atoms with E-state index in [0.717, 1.165) is 5.56 Å². The third-order valence-electron chi connectivity index (χ3n) is 5.58. The smallest absolute Gasteiger partial charge is 0.261 e. The lowest BCUT2D eigenvalue weighted by atomic mass is 10.1. The molecule has 9 nitrogen and oxygen atoms in total. The Balaban J connectivity index is 1.66. The zero-order valence-corrected chi connectivity index (χ0v) is 20.6. The monoisotopic (exact) mass is 501 g/mol. The van der Waals surface area contributed by atoms with E-state index in [1.54, 1.807) is 13.0 Å². The molecule has 0 bridgehead atoms. The first-order valence-corrected chi connectivity index (χ1v) is 12.8. The molecule has 0 saturated carbocycles. The summed E-state index contributed by atoms with van der Waals surface area (Å²) in [5.41, 5.74) is 0.877. The second kappa shape index (κ2) is 12.5. The van der Waals surface area contributed by atoms with Crippen LogP contribution in [0.4, 0.5) is 0 Å². The van der Waals surface area contributed by atoms with E-state index in [-0.39, 0.29) is 29.9 Å². The van der Waals surface area contributed by atoms with Gasteiger partial charge in [-0.15, -0.1) is 6.58 Å². The molecule has 1 unspecified atom stereocenters. The summed E-state index contributed by atoms with van der Waals surface area (Å²) in [6, 6.07) is 14.6. The van der Waals surface area contributed by atoms with Crippen LogP contribution < -0.4 is 10.1 Å². The molecule has 1 aliphatic heterocycles. The molecule has 10 heteroatoms. The molecule has 3 rings (SSSR count). The summed E-state index contributed by atoms with van der Waals surface area (Å²) in [5, 5.41) is 2.71. The fourth-order valence-corrected chi connectivity index (χ4v) is 4.96. The predicted octanol–water partition coefficient (Wildman–Crippen LogP) is 1.81. The molecule has 1 atom stereocenters. The summed E-state index contributed by atoms with van der Waals surface area (Å²) in [6.07, 6.45) is 1.57. The van der Waals surface area contributed by atoms with Crippen molar-refractivity contribution in [2.75, 3.05) is 39.5 Å². The van der Waals surface area contributed by atoms with Crippen molar-refractivity contribution in [3.05, 3.63) is 72.8 Å².